The SMILES string of the molecule is CC(N)c1nc(C2CCC(C(C)(C)C)CC2)no1. The topological polar surface area (TPSA) is 64.9 Å². The van der Waals surface area contributed by atoms with Gasteiger partial charge in [0.15, 0.2) is 5.82 Å². The van der Waals surface area contributed by atoms with Crippen LogP contribution in [0.15, 0.2) is 4.52 Å². The summed E-state index contributed by atoms with van der Waals surface area (Å²) in [7, 11) is 0. The highest BCUT2D eigenvalue weighted by Crippen LogP contribution is 2.42. The van der Waals surface area contributed by atoms with Gasteiger partial charge >= 0.3 is 0 Å². The van der Waals surface area contributed by atoms with Gasteiger partial charge in [0.1, 0.15) is 0 Å². The highest BCUT2D eigenvalue weighted by molar-refractivity contribution is 5.00. The Hall–Kier alpha value is -0.900. The van der Waals surface area contributed by atoms with Gasteiger partial charge in [-0.2, -0.15) is 4.98 Å². The second kappa shape index (κ2) is 5.00. The second-order valence-corrected chi connectivity index (χ2v) is 6.69. The maximum Gasteiger partial charge on any atom is 0.243 e. The molecule has 1 heterocycles. The first-order valence-corrected chi connectivity index (χ1v) is 6.97. The molecule has 4 heteroatoms. The third kappa shape index (κ3) is 2.91. The van der Waals surface area contributed by atoms with Crippen LogP contribution < -0.4 is 5.73 Å². The van der Waals surface area contributed by atoms with Crippen LogP contribution in [0.2, 0.25) is 0 Å². The van der Waals surface area contributed by atoms with E-state index in [2.05, 4.69) is 30.9 Å². The molecule has 1 aromatic rings. The Morgan fingerprint density at radius 1 is 1.22 bits per heavy atom. The first kappa shape index (κ1) is 13.5. The number of rotatable bonds is 2. The lowest BCUT2D eigenvalue weighted by Crippen LogP contribution is -2.25. The quantitative estimate of drug-likeness (QED) is 0.874. The summed E-state index contributed by atoms with van der Waals surface area (Å²) in [5.74, 6) is 2.69. The van der Waals surface area contributed by atoms with E-state index in [-0.39, 0.29) is 6.04 Å². The van der Waals surface area contributed by atoms with Gasteiger partial charge in [0.25, 0.3) is 0 Å². The maximum atomic E-state index is 5.74. The van der Waals surface area contributed by atoms with E-state index >= 15 is 0 Å². The predicted molar refractivity (Wildman–Crippen MR) is 71.1 cm³/mol. The van der Waals surface area contributed by atoms with Crippen molar-refractivity contribution in [3.05, 3.63) is 11.7 Å². The second-order valence-electron chi connectivity index (χ2n) is 6.69. The smallest absolute Gasteiger partial charge is 0.243 e. The average molecular weight is 251 g/mol. The summed E-state index contributed by atoms with van der Waals surface area (Å²) in [6.45, 7) is 8.87. The Morgan fingerprint density at radius 3 is 2.28 bits per heavy atom. The molecule has 1 atom stereocenters. The molecule has 2 rings (SSSR count). The van der Waals surface area contributed by atoms with Crippen LogP contribution in [0.1, 0.15) is 77.1 Å². The van der Waals surface area contributed by atoms with Crippen LogP contribution in [0, 0.1) is 11.3 Å². The fourth-order valence-corrected chi connectivity index (χ4v) is 2.82. The molecule has 0 aromatic carbocycles. The maximum absolute atomic E-state index is 5.74. The molecule has 4 nitrogen and oxygen atoms in total. The molecule has 0 bridgehead atoms. The van der Waals surface area contributed by atoms with E-state index in [4.69, 9.17) is 10.3 Å². The molecular formula is C14H25N3O. The van der Waals surface area contributed by atoms with Crippen LogP contribution in [0.3, 0.4) is 0 Å². The highest BCUT2D eigenvalue weighted by Gasteiger charge is 2.32. The number of aromatic nitrogens is 2. The van der Waals surface area contributed by atoms with E-state index in [1.165, 1.54) is 25.7 Å². The number of nitrogens with two attached hydrogens (primary N) is 1. The van der Waals surface area contributed by atoms with Crippen molar-refractivity contribution in [3.63, 3.8) is 0 Å². The van der Waals surface area contributed by atoms with Gasteiger partial charge in [-0.3, -0.25) is 0 Å². The van der Waals surface area contributed by atoms with Crippen molar-refractivity contribution >= 4 is 0 Å². The summed E-state index contributed by atoms with van der Waals surface area (Å²) in [6.07, 6.45) is 4.85. The Bertz CT molecular complexity index is 384. The first-order chi connectivity index (χ1) is 8.38. The van der Waals surface area contributed by atoms with Crippen LogP contribution in [0.5, 0.6) is 0 Å². The molecule has 0 amide bonds. The van der Waals surface area contributed by atoms with Gasteiger partial charge in [0.05, 0.1) is 6.04 Å². The first-order valence-electron chi connectivity index (χ1n) is 6.97. The van der Waals surface area contributed by atoms with Gasteiger partial charge in [-0.25, -0.2) is 0 Å². The number of nitrogens with zero attached hydrogens (tertiary/aromatic N) is 2. The van der Waals surface area contributed by atoms with Crippen molar-refractivity contribution in [2.75, 3.05) is 0 Å². The molecule has 0 aliphatic heterocycles. The third-order valence-corrected chi connectivity index (χ3v) is 4.16. The van der Waals surface area contributed by atoms with Crippen molar-refractivity contribution in [1.82, 2.24) is 10.1 Å². The number of hydrogen-bond acceptors (Lipinski definition) is 4. The number of hydrogen-bond donors (Lipinski definition) is 1. The largest absolute Gasteiger partial charge is 0.338 e. The van der Waals surface area contributed by atoms with E-state index in [9.17, 15) is 0 Å². The molecule has 1 unspecified atom stereocenters. The predicted octanol–water partition coefficient (Wildman–Crippen LogP) is 3.41. The third-order valence-electron chi connectivity index (χ3n) is 4.16. The van der Waals surface area contributed by atoms with E-state index < -0.39 is 0 Å². The highest BCUT2D eigenvalue weighted by atomic mass is 16.5. The zero-order valence-electron chi connectivity index (χ0n) is 11.9. The molecule has 102 valence electrons. The Morgan fingerprint density at radius 2 is 1.83 bits per heavy atom. The Labute approximate surface area is 109 Å². The molecule has 1 aliphatic carbocycles. The molecule has 18 heavy (non-hydrogen) atoms. The summed E-state index contributed by atoms with van der Waals surface area (Å²) in [4.78, 5) is 4.42. The fourth-order valence-electron chi connectivity index (χ4n) is 2.82. The molecule has 1 aromatic heterocycles. The lowest BCUT2D eigenvalue weighted by molar-refractivity contribution is 0.166. The minimum atomic E-state index is -0.169. The van der Waals surface area contributed by atoms with Crippen LogP contribution in [-0.4, -0.2) is 10.1 Å². The van der Waals surface area contributed by atoms with E-state index in [1.807, 2.05) is 6.92 Å². The fraction of sp³-hybridized carbons (Fsp3) is 0.857. The lowest BCUT2D eigenvalue weighted by atomic mass is 9.70. The van der Waals surface area contributed by atoms with Gasteiger partial charge in [-0.15, -0.1) is 0 Å². The normalized spacial score (nSPS) is 27.2. The lowest BCUT2D eigenvalue weighted by Gasteiger charge is -2.36. The summed E-state index contributed by atoms with van der Waals surface area (Å²) >= 11 is 0. The molecular weight excluding hydrogens is 226 g/mol. The van der Waals surface area contributed by atoms with Gasteiger partial charge < -0.3 is 10.3 Å². The zero-order chi connectivity index (χ0) is 13.3. The summed E-state index contributed by atoms with van der Waals surface area (Å²) < 4.78 is 5.19. The summed E-state index contributed by atoms with van der Waals surface area (Å²) in [5, 5.41) is 4.08. The monoisotopic (exact) mass is 251 g/mol. The van der Waals surface area contributed by atoms with Crippen molar-refractivity contribution in [1.29, 1.82) is 0 Å². The minimum Gasteiger partial charge on any atom is -0.338 e. The van der Waals surface area contributed by atoms with Crippen LogP contribution in [0.4, 0.5) is 0 Å². The van der Waals surface area contributed by atoms with Gasteiger partial charge in [0.2, 0.25) is 5.89 Å². The minimum absolute atomic E-state index is 0.169. The Kier molecular flexibility index (Phi) is 3.76. The standard InChI is InChI=1S/C14H25N3O/c1-9(15)13-16-12(17-18-13)10-5-7-11(8-6-10)14(2,3)4/h9-11H,5-8,15H2,1-4H3. The molecule has 1 fully saturated rings. The Balaban J connectivity index is 1.97. The van der Waals surface area contributed by atoms with Crippen molar-refractivity contribution in [2.24, 2.45) is 17.1 Å². The van der Waals surface area contributed by atoms with Crippen molar-refractivity contribution in [3.8, 4) is 0 Å². The van der Waals surface area contributed by atoms with E-state index in [1.54, 1.807) is 0 Å². The van der Waals surface area contributed by atoms with Crippen LogP contribution >= 0.6 is 0 Å². The molecule has 0 saturated heterocycles. The summed E-state index contributed by atoms with van der Waals surface area (Å²) in [5.41, 5.74) is 6.16. The molecule has 1 aliphatic rings. The van der Waals surface area contributed by atoms with Gasteiger partial charge in [0, 0.05) is 5.92 Å². The van der Waals surface area contributed by atoms with E-state index in [0.717, 1.165) is 11.7 Å². The van der Waals surface area contributed by atoms with Crippen LogP contribution in [-0.2, 0) is 0 Å². The molecule has 0 radical (unpaired) electrons. The van der Waals surface area contributed by atoms with Crippen LogP contribution in [0.25, 0.3) is 0 Å². The molecule has 1 saturated carbocycles. The average Bonchev–Trinajstić information content (AvgIpc) is 2.77. The van der Waals surface area contributed by atoms with Gasteiger partial charge in [-0.1, -0.05) is 25.9 Å². The van der Waals surface area contributed by atoms with Gasteiger partial charge in [-0.05, 0) is 43.9 Å². The van der Waals surface area contributed by atoms with E-state index in [0.29, 0.717) is 17.2 Å². The molecule has 0 spiro atoms. The molecule has 2 N–H and O–H groups in total. The summed E-state index contributed by atoms with van der Waals surface area (Å²) in [6, 6.07) is -0.169. The zero-order valence-corrected chi connectivity index (χ0v) is 11.9. The van der Waals surface area contributed by atoms with Crippen molar-refractivity contribution < 1.29 is 4.52 Å². The van der Waals surface area contributed by atoms with Crippen molar-refractivity contribution in [2.45, 2.75) is 65.3 Å².